The average Bonchev–Trinajstić information content (AvgIpc) is 3.16. The molecule has 0 spiro atoms. The van der Waals surface area contributed by atoms with Gasteiger partial charge in [-0.2, -0.15) is 4.31 Å². The topological polar surface area (TPSA) is 95.9 Å². The van der Waals surface area contributed by atoms with E-state index in [1.807, 2.05) is 17.5 Å². The van der Waals surface area contributed by atoms with Crippen LogP contribution in [0.25, 0.3) is 6.08 Å². The molecule has 1 aromatic carbocycles. The van der Waals surface area contributed by atoms with Crippen LogP contribution >= 0.6 is 11.3 Å². The molecule has 9 heteroatoms. The van der Waals surface area contributed by atoms with E-state index in [0.717, 1.165) is 4.88 Å². The van der Waals surface area contributed by atoms with Crippen molar-refractivity contribution in [2.45, 2.75) is 4.90 Å². The van der Waals surface area contributed by atoms with Crippen LogP contribution in [0.3, 0.4) is 0 Å². The monoisotopic (exact) mass is 394 g/mol. The van der Waals surface area contributed by atoms with Crippen LogP contribution in [0.15, 0.2) is 46.7 Å². The number of carbonyl (C=O) groups excluding carboxylic acids is 1. The van der Waals surface area contributed by atoms with Gasteiger partial charge in [0.15, 0.2) is 0 Å². The Bertz CT molecular complexity index is 901. The summed E-state index contributed by atoms with van der Waals surface area (Å²) in [6, 6.07) is 7.57. The molecule has 1 fully saturated rings. The van der Waals surface area contributed by atoms with Gasteiger partial charge < -0.3 is 15.2 Å². The van der Waals surface area contributed by atoms with Crippen LogP contribution in [-0.2, 0) is 19.6 Å². The molecule has 1 aromatic heterocycles. The van der Waals surface area contributed by atoms with Gasteiger partial charge in [-0.15, -0.1) is 11.3 Å². The van der Waals surface area contributed by atoms with E-state index in [0.29, 0.717) is 13.2 Å². The predicted molar refractivity (Wildman–Crippen MR) is 99.7 cm³/mol. The van der Waals surface area contributed by atoms with Crippen LogP contribution < -0.4 is 5.32 Å². The molecular formula is C17H18N2O5S2. The molecule has 0 atom stereocenters. The molecule has 2 aromatic rings. The van der Waals surface area contributed by atoms with Gasteiger partial charge in [0.05, 0.1) is 23.8 Å². The van der Waals surface area contributed by atoms with E-state index >= 15 is 0 Å². The van der Waals surface area contributed by atoms with Gasteiger partial charge in [0.1, 0.15) is 5.75 Å². The minimum atomic E-state index is -3.71. The maximum atomic E-state index is 12.7. The molecule has 0 unspecified atom stereocenters. The van der Waals surface area contributed by atoms with E-state index in [1.54, 1.807) is 6.08 Å². The molecular weight excluding hydrogens is 376 g/mol. The smallest absolute Gasteiger partial charge is 0.248 e. The number of nitrogens with one attached hydrogen (secondary N) is 1. The number of amides is 1. The number of thiophene rings is 1. The van der Waals surface area contributed by atoms with Gasteiger partial charge in [-0.3, -0.25) is 4.79 Å². The Morgan fingerprint density at radius 3 is 2.73 bits per heavy atom. The lowest BCUT2D eigenvalue weighted by atomic mass is 10.3. The first-order valence-corrected chi connectivity index (χ1v) is 10.2. The third-order valence-corrected chi connectivity index (χ3v) is 6.51. The second-order valence-electron chi connectivity index (χ2n) is 5.53. The van der Waals surface area contributed by atoms with Crippen LogP contribution in [0, 0.1) is 0 Å². The van der Waals surface area contributed by atoms with Crippen LogP contribution in [0.2, 0.25) is 0 Å². The third kappa shape index (κ3) is 4.31. The Morgan fingerprint density at radius 1 is 1.27 bits per heavy atom. The number of anilines is 1. The van der Waals surface area contributed by atoms with E-state index in [-0.39, 0.29) is 29.4 Å². The van der Waals surface area contributed by atoms with Crippen molar-refractivity contribution in [3.8, 4) is 5.75 Å². The number of aromatic hydroxyl groups is 1. The number of sulfonamides is 1. The van der Waals surface area contributed by atoms with Gasteiger partial charge >= 0.3 is 0 Å². The van der Waals surface area contributed by atoms with Crippen LogP contribution in [0.1, 0.15) is 4.88 Å². The lowest BCUT2D eigenvalue weighted by molar-refractivity contribution is -0.111. The maximum Gasteiger partial charge on any atom is 0.248 e. The van der Waals surface area contributed by atoms with Gasteiger partial charge in [-0.1, -0.05) is 6.07 Å². The van der Waals surface area contributed by atoms with E-state index in [1.165, 1.54) is 39.9 Å². The summed E-state index contributed by atoms with van der Waals surface area (Å²) in [6.45, 7) is 1.23. The Balaban J connectivity index is 1.78. The minimum Gasteiger partial charge on any atom is -0.506 e. The number of ether oxygens (including phenoxy) is 1. The summed E-state index contributed by atoms with van der Waals surface area (Å²) < 4.78 is 31.9. The highest BCUT2D eigenvalue weighted by Crippen LogP contribution is 2.28. The summed E-state index contributed by atoms with van der Waals surface area (Å²) in [5, 5.41) is 14.3. The first-order chi connectivity index (χ1) is 12.5. The van der Waals surface area contributed by atoms with Crippen molar-refractivity contribution >= 4 is 39.0 Å². The zero-order valence-electron chi connectivity index (χ0n) is 13.8. The fourth-order valence-electron chi connectivity index (χ4n) is 2.43. The van der Waals surface area contributed by atoms with Gasteiger partial charge in [0, 0.05) is 24.0 Å². The van der Waals surface area contributed by atoms with Crippen molar-refractivity contribution in [1.29, 1.82) is 0 Å². The van der Waals surface area contributed by atoms with Crippen molar-refractivity contribution in [2.75, 3.05) is 31.6 Å². The van der Waals surface area contributed by atoms with E-state index in [4.69, 9.17) is 4.74 Å². The van der Waals surface area contributed by atoms with Gasteiger partial charge in [0.2, 0.25) is 15.9 Å². The Hall–Kier alpha value is -2.20. The molecule has 1 amide bonds. The van der Waals surface area contributed by atoms with E-state index < -0.39 is 15.9 Å². The lowest BCUT2D eigenvalue weighted by Crippen LogP contribution is -2.40. The minimum absolute atomic E-state index is 0.00902. The lowest BCUT2D eigenvalue weighted by Gasteiger charge is -2.26. The number of phenolic OH excluding ortho intramolecular Hbond substituents is 1. The van der Waals surface area contributed by atoms with Crippen molar-refractivity contribution < 1.29 is 23.1 Å². The average molecular weight is 394 g/mol. The molecule has 0 aliphatic carbocycles. The number of benzene rings is 1. The van der Waals surface area contributed by atoms with Gasteiger partial charge in [-0.25, -0.2) is 8.42 Å². The van der Waals surface area contributed by atoms with Crippen molar-refractivity contribution in [1.82, 2.24) is 4.31 Å². The molecule has 1 aliphatic heterocycles. The van der Waals surface area contributed by atoms with Crippen LogP contribution in [-0.4, -0.2) is 50.0 Å². The SMILES string of the molecule is O=C(/C=C/c1cccs1)Nc1cc(S(=O)(=O)N2CCOCC2)ccc1O. The molecule has 1 saturated heterocycles. The summed E-state index contributed by atoms with van der Waals surface area (Å²) >= 11 is 1.48. The summed E-state index contributed by atoms with van der Waals surface area (Å²) in [5.74, 6) is -0.668. The molecule has 3 rings (SSSR count). The maximum absolute atomic E-state index is 12.7. The second-order valence-corrected chi connectivity index (χ2v) is 8.45. The van der Waals surface area contributed by atoms with Crippen molar-refractivity contribution in [2.24, 2.45) is 0 Å². The number of carbonyl (C=O) groups is 1. The molecule has 26 heavy (non-hydrogen) atoms. The molecule has 0 bridgehead atoms. The summed E-state index contributed by atoms with van der Waals surface area (Å²) in [6.07, 6.45) is 2.97. The quantitative estimate of drug-likeness (QED) is 0.598. The zero-order valence-corrected chi connectivity index (χ0v) is 15.4. The van der Waals surface area contributed by atoms with Crippen LogP contribution in [0.4, 0.5) is 5.69 Å². The second kappa shape index (κ2) is 8.00. The van der Waals surface area contributed by atoms with E-state index in [2.05, 4.69) is 5.32 Å². The van der Waals surface area contributed by atoms with Crippen LogP contribution in [0.5, 0.6) is 5.75 Å². The molecule has 0 saturated carbocycles. The normalized spacial score (nSPS) is 16.0. The number of rotatable bonds is 5. The fourth-order valence-corrected chi connectivity index (χ4v) is 4.48. The molecule has 138 valence electrons. The zero-order chi connectivity index (χ0) is 18.6. The van der Waals surface area contributed by atoms with Gasteiger partial charge in [0.25, 0.3) is 0 Å². The fraction of sp³-hybridized carbons (Fsp3) is 0.235. The van der Waals surface area contributed by atoms with Crippen molar-refractivity contribution in [3.05, 3.63) is 46.7 Å². The molecule has 0 radical (unpaired) electrons. The number of hydrogen-bond acceptors (Lipinski definition) is 6. The predicted octanol–water partition coefficient (Wildman–Crippen LogP) is 2.13. The standard InChI is InChI=1S/C17H18N2O5S2/c20-16-5-4-14(26(22,23)19-7-9-24-10-8-19)12-15(16)18-17(21)6-3-13-2-1-11-25-13/h1-6,11-12,20H,7-10H2,(H,18,21)/b6-3+. The highest BCUT2D eigenvalue weighted by Gasteiger charge is 2.27. The Labute approximate surface area is 155 Å². The molecule has 2 heterocycles. The molecule has 7 nitrogen and oxygen atoms in total. The largest absolute Gasteiger partial charge is 0.506 e. The van der Waals surface area contributed by atoms with Crippen molar-refractivity contribution in [3.63, 3.8) is 0 Å². The highest BCUT2D eigenvalue weighted by atomic mass is 32.2. The third-order valence-electron chi connectivity index (χ3n) is 3.78. The molecule has 1 aliphatic rings. The molecule has 2 N–H and O–H groups in total. The summed E-state index contributed by atoms with van der Waals surface area (Å²) in [4.78, 5) is 13.0. The van der Waals surface area contributed by atoms with Gasteiger partial charge in [-0.05, 0) is 35.7 Å². The Kier molecular flexibility index (Phi) is 5.72. The summed E-state index contributed by atoms with van der Waals surface area (Å²) in [7, 11) is -3.71. The van der Waals surface area contributed by atoms with E-state index in [9.17, 15) is 18.3 Å². The number of phenols is 1. The highest BCUT2D eigenvalue weighted by molar-refractivity contribution is 7.89. The first kappa shape index (κ1) is 18.6. The summed E-state index contributed by atoms with van der Waals surface area (Å²) in [5.41, 5.74) is 0.0418. The Morgan fingerprint density at radius 2 is 2.04 bits per heavy atom. The number of nitrogens with zero attached hydrogens (tertiary/aromatic N) is 1. The number of hydrogen-bond donors (Lipinski definition) is 2. The first-order valence-electron chi connectivity index (χ1n) is 7.90. The number of morpholine rings is 1.